The number of nitrogens with one attached hydrogen (secondary N) is 1. The van der Waals surface area contributed by atoms with Gasteiger partial charge in [0.05, 0.1) is 6.42 Å². The molecule has 0 saturated carbocycles. The largest absolute Gasteiger partial charge is 0.342 e. The van der Waals surface area contributed by atoms with E-state index in [2.05, 4.69) is 37.4 Å². The number of hydrogen-bond donors (Lipinski definition) is 1. The molecule has 1 heterocycles. The number of piperidine rings is 1. The topological polar surface area (TPSA) is 32.3 Å². The maximum atomic E-state index is 12.4. The molecule has 0 spiro atoms. The number of amides is 1. The van der Waals surface area contributed by atoms with Crippen molar-refractivity contribution >= 4 is 5.91 Å². The molecule has 0 atom stereocenters. The van der Waals surface area contributed by atoms with Crippen LogP contribution in [0.4, 0.5) is 0 Å². The maximum absolute atomic E-state index is 12.4. The lowest BCUT2D eigenvalue weighted by Crippen LogP contribution is -2.39. The van der Waals surface area contributed by atoms with Crippen LogP contribution in [-0.2, 0) is 11.2 Å². The van der Waals surface area contributed by atoms with E-state index in [0.29, 0.717) is 6.42 Å². The van der Waals surface area contributed by atoms with Gasteiger partial charge in [-0.2, -0.15) is 0 Å². The van der Waals surface area contributed by atoms with E-state index in [1.807, 2.05) is 11.9 Å². The van der Waals surface area contributed by atoms with Gasteiger partial charge >= 0.3 is 0 Å². The monoisotopic (exact) mass is 288 g/mol. The average molecular weight is 288 g/mol. The van der Waals surface area contributed by atoms with Crippen LogP contribution in [0.15, 0.2) is 18.2 Å². The molecule has 0 aromatic heterocycles. The summed E-state index contributed by atoms with van der Waals surface area (Å²) < 4.78 is 0. The molecule has 1 aliphatic rings. The van der Waals surface area contributed by atoms with Crippen LogP contribution < -0.4 is 5.32 Å². The van der Waals surface area contributed by atoms with Gasteiger partial charge in [0, 0.05) is 13.1 Å². The lowest BCUT2D eigenvalue weighted by atomic mass is 9.93. The van der Waals surface area contributed by atoms with Gasteiger partial charge < -0.3 is 10.2 Å². The fourth-order valence-corrected chi connectivity index (χ4v) is 3.02. The fourth-order valence-electron chi connectivity index (χ4n) is 3.02. The number of carbonyl (C=O) groups excluding carboxylic acids is 1. The summed E-state index contributed by atoms with van der Waals surface area (Å²) in [7, 11) is 2.00. The van der Waals surface area contributed by atoms with E-state index in [4.69, 9.17) is 0 Å². The van der Waals surface area contributed by atoms with Crippen LogP contribution in [0.25, 0.3) is 0 Å². The van der Waals surface area contributed by atoms with Crippen LogP contribution in [0.5, 0.6) is 0 Å². The summed E-state index contributed by atoms with van der Waals surface area (Å²) in [5.74, 6) is 1.06. The van der Waals surface area contributed by atoms with Crippen molar-refractivity contribution in [3.63, 3.8) is 0 Å². The molecule has 0 bridgehead atoms. The normalized spacial score (nSPS) is 16.2. The summed E-state index contributed by atoms with van der Waals surface area (Å²) in [5, 5.41) is 3.21. The van der Waals surface area contributed by atoms with E-state index >= 15 is 0 Å². The summed E-state index contributed by atoms with van der Waals surface area (Å²) in [6, 6.07) is 6.34. The van der Waals surface area contributed by atoms with Crippen molar-refractivity contribution in [3.8, 4) is 0 Å². The molecule has 3 heteroatoms. The Morgan fingerprint density at radius 1 is 1.24 bits per heavy atom. The average Bonchev–Trinajstić information content (AvgIpc) is 2.49. The first-order chi connectivity index (χ1) is 10.1. The predicted octanol–water partition coefficient (Wildman–Crippen LogP) is 2.69. The minimum absolute atomic E-state index is 0.283. The van der Waals surface area contributed by atoms with Crippen molar-refractivity contribution in [2.24, 2.45) is 5.92 Å². The third-order valence-corrected chi connectivity index (χ3v) is 4.70. The first kappa shape index (κ1) is 16.0. The Kier molecular flexibility index (Phi) is 5.80. The van der Waals surface area contributed by atoms with Crippen LogP contribution in [0.1, 0.15) is 36.0 Å². The van der Waals surface area contributed by atoms with Gasteiger partial charge in [0.15, 0.2) is 0 Å². The number of rotatable bonds is 5. The Bertz CT molecular complexity index is 476. The van der Waals surface area contributed by atoms with E-state index in [1.54, 1.807) is 0 Å². The molecular formula is C18H28N2O. The minimum atomic E-state index is 0.283. The molecular weight excluding hydrogens is 260 g/mol. The van der Waals surface area contributed by atoms with Crippen molar-refractivity contribution < 1.29 is 4.79 Å². The molecule has 1 aromatic rings. The first-order valence-corrected chi connectivity index (χ1v) is 8.08. The molecule has 0 unspecified atom stereocenters. The zero-order valence-electron chi connectivity index (χ0n) is 13.6. The molecule has 1 amide bonds. The molecule has 3 nitrogen and oxygen atoms in total. The lowest BCUT2D eigenvalue weighted by Gasteiger charge is -2.32. The predicted molar refractivity (Wildman–Crippen MR) is 87.5 cm³/mol. The highest BCUT2D eigenvalue weighted by atomic mass is 16.2. The third-order valence-electron chi connectivity index (χ3n) is 4.70. The van der Waals surface area contributed by atoms with Gasteiger partial charge in [0.25, 0.3) is 0 Å². The highest BCUT2D eigenvalue weighted by Crippen LogP contribution is 2.21. The zero-order valence-corrected chi connectivity index (χ0v) is 13.6. The Labute approximate surface area is 128 Å². The Balaban J connectivity index is 1.83. The fraction of sp³-hybridized carbons (Fsp3) is 0.611. The molecule has 0 aliphatic carbocycles. The number of benzene rings is 1. The molecule has 1 saturated heterocycles. The van der Waals surface area contributed by atoms with Gasteiger partial charge in [-0.3, -0.25) is 4.79 Å². The Morgan fingerprint density at radius 2 is 1.95 bits per heavy atom. The van der Waals surface area contributed by atoms with Crippen LogP contribution in [0.2, 0.25) is 0 Å². The molecule has 2 rings (SSSR count). The van der Waals surface area contributed by atoms with Crippen molar-refractivity contribution in [2.45, 2.75) is 39.5 Å². The number of hydrogen-bond acceptors (Lipinski definition) is 2. The summed E-state index contributed by atoms with van der Waals surface area (Å²) in [5.41, 5.74) is 3.70. The summed E-state index contributed by atoms with van der Waals surface area (Å²) in [4.78, 5) is 14.4. The summed E-state index contributed by atoms with van der Waals surface area (Å²) in [6.45, 7) is 7.16. The van der Waals surface area contributed by atoms with Crippen LogP contribution >= 0.6 is 0 Å². The van der Waals surface area contributed by atoms with Gasteiger partial charge in [-0.05, 0) is 69.3 Å². The molecule has 0 radical (unpaired) electrons. The van der Waals surface area contributed by atoms with Gasteiger partial charge in [-0.15, -0.1) is 0 Å². The molecule has 1 fully saturated rings. The van der Waals surface area contributed by atoms with Gasteiger partial charge in [-0.1, -0.05) is 18.2 Å². The van der Waals surface area contributed by atoms with E-state index < -0.39 is 0 Å². The third kappa shape index (κ3) is 4.57. The zero-order chi connectivity index (χ0) is 15.2. The SMILES string of the molecule is CNCCC1CCN(C(=O)Cc2ccc(C)c(C)c2)CC1. The van der Waals surface area contributed by atoms with E-state index in [-0.39, 0.29) is 5.91 Å². The number of likely N-dealkylation sites (tertiary alicyclic amines) is 1. The summed E-state index contributed by atoms with van der Waals surface area (Å²) in [6.07, 6.45) is 4.08. The van der Waals surface area contributed by atoms with Crippen LogP contribution in [-0.4, -0.2) is 37.5 Å². The maximum Gasteiger partial charge on any atom is 0.226 e. The van der Waals surface area contributed by atoms with Crippen molar-refractivity contribution in [1.82, 2.24) is 10.2 Å². The highest BCUT2D eigenvalue weighted by Gasteiger charge is 2.22. The lowest BCUT2D eigenvalue weighted by molar-refractivity contribution is -0.131. The highest BCUT2D eigenvalue weighted by molar-refractivity contribution is 5.79. The Hall–Kier alpha value is -1.35. The summed E-state index contributed by atoms with van der Waals surface area (Å²) >= 11 is 0. The molecule has 1 aliphatic heterocycles. The second-order valence-electron chi connectivity index (χ2n) is 6.31. The van der Waals surface area contributed by atoms with Crippen molar-refractivity contribution in [1.29, 1.82) is 0 Å². The van der Waals surface area contributed by atoms with Crippen molar-refractivity contribution in [2.75, 3.05) is 26.7 Å². The molecule has 116 valence electrons. The van der Waals surface area contributed by atoms with E-state index in [1.165, 1.54) is 17.5 Å². The number of nitrogens with zero attached hydrogens (tertiary/aromatic N) is 1. The molecule has 1 aromatic carbocycles. The van der Waals surface area contributed by atoms with Gasteiger partial charge in [0.2, 0.25) is 5.91 Å². The minimum Gasteiger partial charge on any atom is -0.342 e. The van der Waals surface area contributed by atoms with Gasteiger partial charge in [-0.25, -0.2) is 0 Å². The van der Waals surface area contributed by atoms with Gasteiger partial charge in [0.1, 0.15) is 0 Å². The van der Waals surface area contributed by atoms with E-state index in [0.717, 1.165) is 44.0 Å². The van der Waals surface area contributed by atoms with Crippen molar-refractivity contribution in [3.05, 3.63) is 34.9 Å². The molecule has 21 heavy (non-hydrogen) atoms. The van der Waals surface area contributed by atoms with Crippen LogP contribution in [0.3, 0.4) is 0 Å². The second-order valence-corrected chi connectivity index (χ2v) is 6.31. The standard InChI is InChI=1S/C18H28N2O/c1-14-4-5-17(12-15(14)2)13-18(21)20-10-7-16(8-11-20)6-9-19-3/h4-5,12,16,19H,6-11,13H2,1-3H3. The second kappa shape index (κ2) is 7.60. The van der Waals surface area contributed by atoms with E-state index in [9.17, 15) is 4.79 Å². The number of carbonyl (C=O) groups is 1. The quantitative estimate of drug-likeness (QED) is 0.903. The Morgan fingerprint density at radius 3 is 2.57 bits per heavy atom. The molecule has 1 N–H and O–H groups in total. The smallest absolute Gasteiger partial charge is 0.226 e. The number of aryl methyl sites for hydroxylation is 2. The first-order valence-electron chi connectivity index (χ1n) is 8.08. The van der Waals surface area contributed by atoms with Crippen LogP contribution in [0, 0.1) is 19.8 Å².